The van der Waals surface area contributed by atoms with Gasteiger partial charge in [-0.05, 0) is 89.0 Å². The minimum absolute atomic E-state index is 0.0355. The SMILES string of the molecule is COc1ccc(C#Cc2ccc3c(c2)[C@]2(C(=O)N3)[C@H](c3ccc(O)cc3)N3[C@H](c4ccccc4)[C@H](c4ccccc4)OC(=O)[C@H]3[C@@H]2C(=O)NCCc2ccccn2)cc1. The molecule has 6 aromatic rings. The summed E-state index contributed by atoms with van der Waals surface area (Å²) >= 11 is 0. The molecule has 0 bridgehead atoms. The second kappa shape index (κ2) is 15.6. The molecule has 10 heteroatoms. The first-order valence-corrected chi connectivity index (χ1v) is 19.5. The number of benzene rings is 5. The Morgan fingerprint density at radius 2 is 1.49 bits per heavy atom. The van der Waals surface area contributed by atoms with E-state index in [0.717, 1.165) is 22.4 Å². The summed E-state index contributed by atoms with van der Waals surface area (Å²) in [5.41, 5.74) is 3.78. The zero-order chi connectivity index (χ0) is 40.5. The lowest BCUT2D eigenvalue weighted by molar-refractivity contribution is -0.178. The fourth-order valence-corrected chi connectivity index (χ4v) is 9.12. The number of nitrogens with one attached hydrogen (secondary N) is 2. The second-order valence-electron chi connectivity index (χ2n) is 14.9. The van der Waals surface area contributed by atoms with Crippen LogP contribution in [0.4, 0.5) is 5.69 Å². The van der Waals surface area contributed by atoms with Crippen molar-refractivity contribution in [1.82, 2.24) is 15.2 Å². The van der Waals surface area contributed by atoms with Gasteiger partial charge in [-0.3, -0.25) is 24.3 Å². The van der Waals surface area contributed by atoms with E-state index < -0.39 is 53.3 Å². The first kappa shape index (κ1) is 37.4. The van der Waals surface area contributed by atoms with Crippen LogP contribution in [0.5, 0.6) is 11.5 Å². The predicted molar refractivity (Wildman–Crippen MR) is 221 cm³/mol. The zero-order valence-electron chi connectivity index (χ0n) is 32.1. The third-order valence-electron chi connectivity index (χ3n) is 11.6. The Bertz CT molecular complexity index is 2580. The van der Waals surface area contributed by atoms with Crippen LogP contribution in [0.3, 0.4) is 0 Å². The van der Waals surface area contributed by atoms with Crippen LogP contribution in [0, 0.1) is 17.8 Å². The van der Waals surface area contributed by atoms with E-state index in [0.29, 0.717) is 34.5 Å². The summed E-state index contributed by atoms with van der Waals surface area (Å²) in [5, 5.41) is 16.8. The lowest BCUT2D eigenvalue weighted by atomic mass is 9.65. The molecule has 0 unspecified atom stereocenters. The largest absolute Gasteiger partial charge is 0.508 e. The number of ether oxygens (including phenoxy) is 2. The molecule has 1 aromatic heterocycles. The van der Waals surface area contributed by atoms with Crippen LogP contribution in [0.15, 0.2) is 152 Å². The highest BCUT2D eigenvalue weighted by Crippen LogP contribution is 2.64. The van der Waals surface area contributed by atoms with Crippen LogP contribution in [-0.4, -0.2) is 52.5 Å². The van der Waals surface area contributed by atoms with Crippen molar-refractivity contribution in [2.45, 2.75) is 36.1 Å². The molecule has 9 rings (SSSR count). The lowest BCUT2D eigenvalue weighted by Crippen LogP contribution is -2.55. The number of fused-ring (bicyclic) bond motifs is 3. The molecule has 59 heavy (non-hydrogen) atoms. The molecular formula is C49H40N4O6. The molecule has 6 atom stereocenters. The molecule has 2 amide bonds. The van der Waals surface area contributed by atoms with E-state index in [1.54, 1.807) is 43.6 Å². The van der Waals surface area contributed by atoms with Crippen molar-refractivity contribution >= 4 is 23.5 Å². The number of rotatable bonds is 8. The van der Waals surface area contributed by atoms with Crippen LogP contribution in [-0.2, 0) is 31.0 Å². The van der Waals surface area contributed by atoms with Crippen molar-refractivity contribution in [1.29, 1.82) is 0 Å². The molecule has 292 valence electrons. The number of nitrogens with zero attached hydrogens (tertiary/aromatic N) is 2. The number of amides is 2. The maximum absolute atomic E-state index is 15.3. The number of morpholine rings is 1. The molecule has 2 fully saturated rings. The van der Waals surface area contributed by atoms with Gasteiger partial charge in [0.1, 0.15) is 29.1 Å². The van der Waals surface area contributed by atoms with Crippen LogP contribution in [0.2, 0.25) is 0 Å². The number of hydrogen-bond donors (Lipinski definition) is 3. The summed E-state index contributed by atoms with van der Waals surface area (Å²) in [4.78, 5) is 51.9. The minimum atomic E-state index is -1.68. The van der Waals surface area contributed by atoms with Gasteiger partial charge in [0.05, 0.1) is 25.1 Å². The third-order valence-corrected chi connectivity index (χ3v) is 11.6. The number of aromatic nitrogens is 1. The summed E-state index contributed by atoms with van der Waals surface area (Å²) < 4.78 is 11.8. The van der Waals surface area contributed by atoms with E-state index in [4.69, 9.17) is 9.47 Å². The molecule has 4 heterocycles. The molecule has 2 saturated heterocycles. The zero-order valence-corrected chi connectivity index (χ0v) is 32.1. The Kier molecular flexibility index (Phi) is 9.89. The van der Waals surface area contributed by atoms with Crippen molar-refractivity contribution in [3.05, 3.63) is 191 Å². The van der Waals surface area contributed by atoms with Gasteiger partial charge in [0.2, 0.25) is 11.8 Å². The highest BCUT2D eigenvalue weighted by molar-refractivity contribution is 6.12. The van der Waals surface area contributed by atoms with Crippen LogP contribution >= 0.6 is 0 Å². The molecule has 3 aliphatic heterocycles. The first-order chi connectivity index (χ1) is 28.9. The molecule has 0 radical (unpaired) electrons. The van der Waals surface area contributed by atoms with Gasteiger partial charge in [-0.1, -0.05) is 90.7 Å². The van der Waals surface area contributed by atoms with Gasteiger partial charge in [-0.15, -0.1) is 0 Å². The van der Waals surface area contributed by atoms with E-state index in [2.05, 4.69) is 27.5 Å². The van der Waals surface area contributed by atoms with E-state index in [9.17, 15) is 9.90 Å². The number of pyridine rings is 1. The number of hydrogen-bond acceptors (Lipinski definition) is 8. The van der Waals surface area contributed by atoms with Gasteiger partial charge < -0.3 is 25.2 Å². The Labute approximate surface area is 341 Å². The van der Waals surface area contributed by atoms with Gasteiger partial charge in [0.25, 0.3) is 0 Å². The first-order valence-electron chi connectivity index (χ1n) is 19.5. The number of phenols is 1. The third kappa shape index (κ3) is 6.65. The molecule has 5 aromatic carbocycles. The smallest absolute Gasteiger partial charge is 0.324 e. The number of cyclic esters (lactones) is 1. The number of esters is 1. The normalized spacial score (nSPS) is 23.0. The van der Waals surface area contributed by atoms with Crippen LogP contribution in [0.25, 0.3) is 0 Å². The summed E-state index contributed by atoms with van der Waals surface area (Å²) in [5.74, 6) is 4.44. The highest BCUT2D eigenvalue weighted by Gasteiger charge is 2.74. The number of aromatic hydroxyl groups is 1. The van der Waals surface area contributed by atoms with Crippen molar-refractivity contribution in [3.8, 4) is 23.3 Å². The van der Waals surface area contributed by atoms with Gasteiger partial charge in [0, 0.05) is 41.7 Å². The molecule has 10 nitrogen and oxygen atoms in total. The number of methoxy groups -OCH3 is 1. The summed E-state index contributed by atoms with van der Waals surface area (Å²) in [6.07, 6.45) is 1.34. The molecule has 0 saturated carbocycles. The monoisotopic (exact) mass is 780 g/mol. The Balaban J connectivity index is 1.26. The Hall–Kier alpha value is -7.22. The van der Waals surface area contributed by atoms with E-state index in [1.165, 1.54) is 0 Å². The topological polar surface area (TPSA) is 130 Å². The van der Waals surface area contributed by atoms with Gasteiger partial charge in [-0.2, -0.15) is 0 Å². The van der Waals surface area contributed by atoms with Gasteiger partial charge in [0.15, 0.2) is 0 Å². The Morgan fingerprint density at radius 1 is 0.814 bits per heavy atom. The summed E-state index contributed by atoms with van der Waals surface area (Å²) in [6.45, 7) is 0.213. The fraction of sp³-hybridized carbons (Fsp3) is 0.184. The van der Waals surface area contributed by atoms with E-state index >= 15 is 9.59 Å². The van der Waals surface area contributed by atoms with Gasteiger partial charge in [-0.25, -0.2) is 0 Å². The highest BCUT2D eigenvalue weighted by atomic mass is 16.6. The number of phenolic OH excluding ortho intramolecular Hbond substituents is 1. The molecule has 3 N–H and O–H groups in total. The quantitative estimate of drug-likeness (QED) is 0.113. The van der Waals surface area contributed by atoms with Crippen molar-refractivity contribution in [3.63, 3.8) is 0 Å². The number of carbonyl (C=O) groups is 3. The standard InChI is InChI=1S/C49H40N4O6/c1-58-38-24-17-31(18-25-38)15-16-32-19-26-40-39(30-32)49(48(57)52-40)41(46(55)51-29-27-36-14-8-9-28-50-36)43-47(56)59-44(34-12-6-3-7-13-34)42(33-10-4-2-5-11-33)53(43)45(49)35-20-22-37(54)23-21-35/h2-14,17-26,28,30,41-45,54H,27,29H2,1H3,(H,51,55)(H,52,57)/t41-,42-,43-,44+,45+,49-/m1/s1. The maximum Gasteiger partial charge on any atom is 0.324 e. The van der Waals surface area contributed by atoms with Crippen molar-refractivity contribution < 1.29 is 29.0 Å². The predicted octanol–water partition coefficient (Wildman–Crippen LogP) is 6.83. The number of anilines is 1. The summed E-state index contributed by atoms with van der Waals surface area (Å²) in [7, 11) is 1.61. The fourth-order valence-electron chi connectivity index (χ4n) is 9.12. The molecule has 3 aliphatic rings. The second-order valence-corrected chi connectivity index (χ2v) is 14.9. The average molecular weight is 781 g/mol. The maximum atomic E-state index is 15.3. The number of carbonyl (C=O) groups excluding carboxylic acids is 3. The van der Waals surface area contributed by atoms with Crippen molar-refractivity contribution in [2.75, 3.05) is 19.0 Å². The van der Waals surface area contributed by atoms with Crippen LogP contribution < -0.4 is 15.4 Å². The minimum Gasteiger partial charge on any atom is -0.508 e. The van der Waals surface area contributed by atoms with Crippen LogP contribution in [0.1, 0.15) is 57.3 Å². The molecule has 1 spiro atoms. The lowest BCUT2D eigenvalue weighted by Gasteiger charge is -2.46. The van der Waals surface area contributed by atoms with Crippen molar-refractivity contribution in [2.24, 2.45) is 5.92 Å². The molecular weight excluding hydrogens is 741 g/mol. The molecule has 0 aliphatic carbocycles. The summed E-state index contributed by atoms with van der Waals surface area (Å²) in [6, 6.07) is 41.7. The Morgan fingerprint density at radius 3 is 2.19 bits per heavy atom. The van der Waals surface area contributed by atoms with E-state index in [1.807, 2.05) is 120 Å². The van der Waals surface area contributed by atoms with E-state index in [-0.39, 0.29) is 12.3 Å². The average Bonchev–Trinajstić information content (AvgIpc) is 3.75. The van der Waals surface area contributed by atoms with Gasteiger partial charge >= 0.3 is 5.97 Å².